The van der Waals surface area contributed by atoms with Crippen molar-refractivity contribution in [2.45, 2.75) is 0 Å². The van der Waals surface area contributed by atoms with E-state index in [1.165, 1.54) is 0 Å². The predicted octanol–water partition coefficient (Wildman–Crippen LogP) is -0.0876. The van der Waals surface area contributed by atoms with E-state index in [-0.39, 0.29) is 18.1 Å². The monoisotopic (exact) mass is 267 g/mol. The Morgan fingerprint density at radius 1 is 1.17 bits per heavy atom. The Balaban J connectivity index is 2.20. The molecule has 0 aliphatic rings. The lowest BCUT2D eigenvalue weighted by Crippen LogP contribution is -2.23. The first-order chi connectivity index (χ1) is 8.46. The van der Waals surface area contributed by atoms with Gasteiger partial charge >= 0.3 is 0 Å². The summed E-state index contributed by atoms with van der Waals surface area (Å²) < 4.78 is 21.6. The number of rotatable bonds is 4. The van der Waals surface area contributed by atoms with Gasteiger partial charge in [0.25, 0.3) is 0 Å². The number of benzene rings is 1. The topological polar surface area (TPSA) is 124 Å². The fraction of sp³-hybridized carbons (Fsp3) is 0.200. The number of nitrogens with one attached hydrogen (secondary N) is 1. The number of hydrogen-bond donors (Lipinski definition) is 3. The normalized spacial score (nSPS) is 11.6. The minimum absolute atomic E-state index is 0.135. The maximum absolute atomic E-state index is 10.8. The van der Waals surface area contributed by atoms with Crippen LogP contribution in [0.1, 0.15) is 0 Å². The van der Waals surface area contributed by atoms with Gasteiger partial charge in [-0.15, -0.1) is 0 Å². The molecule has 0 spiro atoms. The van der Waals surface area contributed by atoms with Gasteiger partial charge in [0.15, 0.2) is 11.6 Å². The summed E-state index contributed by atoms with van der Waals surface area (Å²) >= 11 is 0. The lowest BCUT2D eigenvalue weighted by molar-refractivity contribution is 0.598. The number of primary sulfonamides is 1. The molecule has 7 nitrogen and oxygen atoms in total. The summed E-state index contributed by atoms with van der Waals surface area (Å²) in [5, 5.41) is 7.70. The number of sulfonamides is 1. The van der Waals surface area contributed by atoms with Gasteiger partial charge in [-0.3, -0.25) is 0 Å². The highest BCUT2D eigenvalue weighted by atomic mass is 32.2. The smallest absolute Gasteiger partial charge is 0.210 e. The second-order valence-electron chi connectivity index (χ2n) is 3.74. The van der Waals surface area contributed by atoms with Crippen LogP contribution in [-0.2, 0) is 10.0 Å². The van der Waals surface area contributed by atoms with Crippen LogP contribution < -0.4 is 16.2 Å². The second-order valence-corrected chi connectivity index (χ2v) is 5.47. The largest absolute Gasteiger partial charge is 0.381 e. The summed E-state index contributed by atoms with van der Waals surface area (Å²) in [6, 6.07) is 7.27. The van der Waals surface area contributed by atoms with Crippen molar-refractivity contribution in [3.63, 3.8) is 0 Å². The Bertz CT molecular complexity index is 671. The number of fused-ring (bicyclic) bond motifs is 1. The van der Waals surface area contributed by atoms with E-state index in [4.69, 9.17) is 10.9 Å². The molecule has 18 heavy (non-hydrogen) atoms. The lowest BCUT2D eigenvalue weighted by Gasteiger charge is -2.08. The van der Waals surface area contributed by atoms with E-state index in [1.54, 1.807) is 12.1 Å². The highest BCUT2D eigenvalue weighted by Crippen LogP contribution is 2.17. The van der Waals surface area contributed by atoms with E-state index in [1.807, 2.05) is 12.1 Å². The second kappa shape index (κ2) is 4.75. The van der Waals surface area contributed by atoms with Crippen LogP contribution in [0.3, 0.4) is 0 Å². The Labute approximate surface area is 104 Å². The predicted molar refractivity (Wildman–Crippen MR) is 70.4 cm³/mol. The average Bonchev–Trinajstić information content (AvgIpc) is 2.28. The summed E-state index contributed by atoms with van der Waals surface area (Å²) in [7, 11) is -3.50. The Morgan fingerprint density at radius 2 is 1.78 bits per heavy atom. The first kappa shape index (κ1) is 12.5. The fourth-order valence-corrected chi connectivity index (χ4v) is 1.84. The molecule has 0 atom stereocenters. The Hall–Kier alpha value is -1.93. The Kier molecular flexibility index (Phi) is 3.30. The zero-order valence-corrected chi connectivity index (χ0v) is 10.3. The number of aromatic nitrogens is 2. The molecule has 1 aromatic carbocycles. The van der Waals surface area contributed by atoms with Gasteiger partial charge in [-0.05, 0) is 12.1 Å². The van der Waals surface area contributed by atoms with Crippen LogP contribution in [0.5, 0.6) is 0 Å². The van der Waals surface area contributed by atoms with E-state index >= 15 is 0 Å². The van der Waals surface area contributed by atoms with Gasteiger partial charge in [0, 0.05) is 6.54 Å². The molecule has 0 bridgehead atoms. The molecule has 96 valence electrons. The number of nitrogens with zero attached hydrogens (tertiary/aromatic N) is 2. The average molecular weight is 267 g/mol. The molecular weight excluding hydrogens is 254 g/mol. The fourth-order valence-electron chi connectivity index (χ4n) is 1.46. The molecule has 8 heteroatoms. The highest BCUT2D eigenvalue weighted by molar-refractivity contribution is 7.89. The number of nitrogen functional groups attached to an aromatic ring is 1. The van der Waals surface area contributed by atoms with Gasteiger partial charge in [0.2, 0.25) is 10.0 Å². The molecule has 0 fully saturated rings. The SMILES string of the molecule is Nc1nc2ccccc2nc1NCCS(N)(=O)=O. The third-order valence-electron chi connectivity index (χ3n) is 2.28. The molecule has 0 saturated heterocycles. The van der Waals surface area contributed by atoms with Crippen molar-refractivity contribution in [1.29, 1.82) is 0 Å². The number of hydrogen-bond acceptors (Lipinski definition) is 6. The van der Waals surface area contributed by atoms with Crippen molar-refractivity contribution in [1.82, 2.24) is 9.97 Å². The summed E-state index contributed by atoms with van der Waals surface area (Å²) in [6.07, 6.45) is 0. The van der Waals surface area contributed by atoms with Gasteiger partial charge in [-0.2, -0.15) is 0 Å². The standard InChI is InChI=1S/C10H13N5O2S/c11-9-10(13-5-6-18(12,16)17)15-8-4-2-1-3-7(8)14-9/h1-4H,5-6H2,(H2,11,14)(H,13,15)(H2,12,16,17). The van der Waals surface area contributed by atoms with Crippen molar-refractivity contribution in [3.8, 4) is 0 Å². The zero-order chi connectivity index (χ0) is 13.2. The summed E-state index contributed by atoms with van der Waals surface area (Å²) in [5.41, 5.74) is 7.09. The third-order valence-corrected chi connectivity index (χ3v) is 3.05. The molecule has 0 radical (unpaired) electrons. The molecule has 0 aliphatic carbocycles. The summed E-state index contributed by atoms with van der Waals surface area (Å²) in [4.78, 5) is 8.42. The van der Waals surface area contributed by atoms with Crippen LogP contribution in [0.15, 0.2) is 24.3 Å². The molecule has 2 rings (SSSR count). The van der Waals surface area contributed by atoms with Crippen LogP contribution in [0.25, 0.3) is 11.0 Å². The molecule has 0 saturated carbocycles. The maximum Gasteiger partial charge on any atom is 0.210 e. The van der Waals surface area contributed by atoms with E-state index in [2.05, 4.69) is 15.3 Å². The lowest BCUT2D eigenvalue weighted by atomic mass is 10.3. The van der Waals surface area contributed by atoms with Crippen molar-refractivity contribution in [3.05, 3.63) is 24.3 Å². The molecule has 1 heterocycles. The van der Waals surface area contributed by atoms with E-state index < -0.39 is 10.0 Å². The molecule has 0 unspecified atom stereocenters. The maximum atomic E-state index is 10.8. The number of nitrogens with two attached hydrogens (primary N) is 2. The van der Waals surface area contributed by atoms with Gasteiger partial charge in [-0.25, -0.2) is 23.5 Å². The van der Waals surface area contributed by atoms with Crippen LogP contribution in [0.4, 0.5) is 11.6 Å². The van der Waals surface area contributed by atoms with Crippen LogP contribution in [0, 0.1) is 0 Å². The minimum Gasteiger partial charge on any atom is -0.381 e. The van der Waals surface area contributed by atoms with E-state index in [0.717, 1.165) is 0 Å². The highest BCUT2D eigenvalue weighted by Gasteiger charge is 2.07. The third kappa shape index (κ3) is 3.05. The van der Waals surface area contributed by atoms with Gasteiger partial charge < -0.3 is 11.1 Å². The van der Waals surface area contributed by atoms with Gasteiger partial charge in [0.1, 0.15) is 0 Å². The van der Waals surface area contributed by atoms with Crippen molar-refractivity contribution < 1.29 is 8.42 Å². The van der Waals surface area contributed by atoms with Gasteiger partial charge in [0.05, 0.1) is 16.8 Å². The molecule has 0 aliphatic heterocycles. The van der Waals surface area contributed by atoms with Crippen molar-refractivity contribution >= 4 is 32.7 Å². The molecule has 0 amide bonds. The summed E-state index contributed by atoms with van der Waals surface area (Å²) in [6.45, 7) is 0.135. The molecular formula is C10H13N5O2S. The van der Waals surface area contributed by atoms with Crippen LogP contribution in [0.2, 0.25) is 0 Å². The zero-order valence-electron chi connectivity index (χ0n) is 9.50. The molecule has 1 aromatic heterocycles. The first-order valence-corrected chi connectivity index (χ1v) is 6.94. The van der Waals surface area contributed by atoms with Crippen molar-refractivity contribution in [2.75, 3.05) is 23.3 Å². The Morgan fingerprint density at radius 3 is 2.39 bits per heavy atom. The number of anilines is 2. The van der Waals surface area contributed by atoms with Crippen molar-refractivity contribution in [2.24, 2.45) is 5.14 Å². The molecule has 5 N–H and O–H groups in total. The minimum atomic E-state index is -3.50. The quantitative estimate of drug-likeness (QED) is 0.711. The van der Waals surface area contributed by atoms with Crippen LogP contribution >= 0.6 is 0 Å². The summed E-state index contributed by atoms with van der Waals surface area (Å²) in [5.74, 6) is 0.390. The van der Waals surface area contributed by atoms with E-state index in [9.17, 15) is 8.42 Å². The first-order valence-electron chi connectivity index (χ1n) is 5.22. The van der Waals surface area contributed by atoms with E-state index in [0.29, 0.717) is 16.9 Å². The number of para-hydroxylation sites is 2. The van der Waals surface area contributed by atoms with Crippen LogP contribution in [-0.4, -0.2) is 30.7 Å². The molecule has 2 aromatic rings. The van der Waals surface area contributed by atoms with Gasteiger partial charge in [-0.1, -0.05) is 12.1 Å².